The Morgan fingerprint density at radius 2 is 1.82 bits per heavy atom. The fourth-order valence-electron chi connectivity index (χ4n) is 3.77. The predicted octanol–water partition coefficient (Wildman–Crippen LogP) is 6.74. The first kappa shape index (κ1) is 24.2. The zero-order valence-electron chi connectivity index (χ0n) is 19.2. The van der Waals surface area contributed by atoms with Crippen LogP contribution in [0.2, 0.25) is 5.02 Å². The average Bonchev–Trinajstić information content (AvgIpc) is 2.80. The molecule has 0 aliphatic heterocycles. The van der Waals surface area contributed by atoms with Crippen LogP contribution in [-0.4, -0.2) is 28.3 Å². The highest BCUT2D eigenvalue weighted by Crippen LogP contribution is 2.38. The maximum atomic E-state index is 15.1. The zero-order valence-corrected chi connectivity index (χ0v) is 20.9. The van der Waals surface area contributed by atoms with E-state index in [9.17, 15) is 8.96 Å². The summed E-state index contributed by atoms with van der Waals surface area (Å²) in [6, 6.07) is 10.7. The molecule has 0 unspecified atom stereocenters. The molecule has 9 heteroatoms. The van der Waals surface area contributed by atoms with Crippen molar-refractivity contribution in [3.63, 3.8) is 0 Å². The number of hydrogen-bond donors (Lipinski definition) is 1. The Bertz CT molecular complexity index is 1420. The van der Waals surface area contributed by atoms with E-state index in [2.05, 4.69) is 20.3 Å². The molecule has 4 aromatic rings. The van der Waals surface area contributed by atoms with Gasteiger partial charge in [0.15, 0.2) is 5.82 Å². The number of hydrogen-bond acceptors (Lipinski definition) is 5. The predicted molar refractivity (Wildman–Crippen MR) is 135 cm³/mol. The van der Waals surface area contributed by atoms with Gasteiger partial charge in [0.1, 0.15) is 24.2 Å². The van der Waals surface area contributed by atoms with Crippen LogP contribution in [0.5, 0.6) is 0 Å². The number of rotatable bonds is 6. The first-order chi connectivity index (χ1) is 16.1. The van der Waals surface area contributed by atoms with Gasteiger partial charge < -0.3 is 9.88 Å². The third-order valence-electron chi connectivity index (χ3n) is 5.60. The average molecular weight is 501 g/mol. The molecule has 1 aromatic carbocycles. The Kier molecular flexibility index (Phi) is 6.70. The summed E-state index contributed by atoms with van der Waals surface area (Å²) in [4.78, 5) is 13.2. The van der Waals surface area contributed by atoms with Crippen molar-refractivity contribution in [3.05, 3.63) is 76.6 Å². The third-order valence-corrected chi connectivity index (χ3v) is 7.43. The fraction of sp³-hybridized carbons (Fsp3) is 0.240. The summed E-state index contributed by atoms with van der Waals surface area (Å²) >= 11 is 6.61. The normalized spacial score (nSPS) is 12.7. The Labute approximate surface area is 202 Å². The van der Waals surface area contributed by atoms with E-state index >= 15 is 4.39 Å². The summed E-state index contributed by atoms with van der Waals surface area (Å²) in [5.74, 6) is -0.900. The number of pyridine rings is 3. The molecule has 0 aliphatic rings. The fourth-order valence-corrected chi connectivity index (χ4v) is 4.73. The molecule has 0 fully saturated rings. The summed E-state index contributed by atoms with van der Waals surface area (Å²) in [7, 11) is -2.55. The summed E-state index contributed by atoms with van der Waals surface area (Å²) in [5, 5.41) is 3.65. The highest BCUT2D eigenvalue weighted by Gasteiger charge is 2.21. The minimum absolute atomic E-state index is 0.0669. The van der Waals surface area contributed by atoms with Crippen molar-refractivity contribution in [3.8, 4) is 11.3 Å². The van der Waals surface area contributed by atoms with Gasteiger partial charge in [-0.1, -0.05) is 36.7 Å². The molecule has 4 rings (SSSR count). The van der Waals surface area contributed by atoms with Crippen LogP contribution in [0.25, 0.3) is 22.3 Å². The van der Waals surface area contributed by atoms with Gasteiger partial charge >= 0.3 is 0 Å². The van der Waals surface area contributed by atoms with Crippen LogP contribution in [-0.2, 0) is 4.57 Å². The molecule has 1 atom stereocenters. The van der Waals surface area contributed by atoms with E-state index in [-0.39, 0.29) is 17.6 Å². The van der Waals surface area contributed by atoms with Gasteiger partial charge in [-0.3, -0.25) is 4.98 Å². The number of aromatic nitrogens is 3. The van der Waals surface area contributed by atoms with Crippen molar-refractivity contribution in [2.75, 3.05) is 18.6 Å². The van der Waals surface area contributed by atoms with Gasteiger partial charge in [-0.05, 0) is 44.9 Å². The Hall–Kier alpha value is -2.89. The van der Waals surface area contributed by atoms with Crippen LogP contribution in [0.1, 0.15) is 30.6 Å². The molecular weight excluding hydrogens is 477 g/mol. The number of anilines is 1. The first-order valence-electron chi connectivity index (χ1n) is 10.8. The molecular formula is C25H24ClF2N4OP. The lowest BCUT2D eigenvalue weighted by Crippen LogP contribution is -2.13. The maximum absolute atomic E-state index is 15.1. The minimum Gasteiger partial charge on any atom is -0.375 e. The molecule has 0 radical (unpaired) electrons. The number of fused-ring (bicyclic) bond motifs is 1. The first-order valence-corrected chi connectivity index (χ1v) is 13.8. The van der Waals surface area contributed by atoms with E-state index in [0.717, 1.165) is 0 Å². The molecule has 176 valence electrons. The Balaban J connectivity index is 1.86. The number of aryl methyl sites for hydroxylation is 1. The molecule has 34 heavy (non-hydrogen) atoms. The zero-order chi connectivity index (χ0) is 24.6. The third kappa shape index (κ3) is 4.68. The second-order valence-corrected chi connectivity index (χ2v) is 12.0. The van der Waals surface area contributed by atoms with Crippen molar-refractivity contribution < 1.29 is 13.3 Å². The van der Waals surface area contributed by atoms with Crippen LogP contribution in [0, 0.1) is 18.6 Å². The second kappa shape index (κ2) is 9.40. The molecule has 3 aromatic heterocycles. The van der Waals surface area contributed by atoms with Crippen molar-refractivity contribution in [1.29, 1.82) is 0 Å². The van der Waals surface area contributed by atoms with Crippen LogP contribution in [0.15, 0.2) is 48.7 Å². The van der Waals surface area contributed by atoms with E-state index in [0.29, 0.717) is 50.4 Å². The molecule has 0 bridgehead atoms. The van der Waals surface area contributed by atoms with Crippen molar-refractivity contribution in [1.82, 2.24) is 15.0 Å². The van der Waals surface area contributed by atoms with Gasteiger partial charge in [0.05, 0.1) is 33.4 Å². The van der Waals surface area contributed by atoms with Crippen molar-refractivity contribution in [2.24, 2.45) is 0 Å². The standard InChI is InChI=1S/C25H24ClF2N4OP/c1-5-19(16-8-6-7-9-17(16)27)31-25-22(26)14(2)30-20-12-18(28)23(32-24(20)25)15-10-11-21(29-13-15)34(3,4)33/h6-13,19H,5H2,1-4H3,(H,30,31)/t19-/m0/s1. The molecule has 0 saturated heterocycles. The SMILES string of the molecule is CC[C@H](Nc1c(Cl)c(C)nc2cc(F)c(-c3ccc(P(C)(C)=O)nc3)nc12)c1ccccc1F. The molecule has 0 spiro atoms. The second-order valence-electron chi connectivity index (χ2n) is 8.46. The van der Waals surface area contributed by atoms with Crippen LogP contribution >= 0.6 is 18.7 Å². The highest BCUT2D eigenvalue weighted by molar-refractivity contribution is 7.69. The number of nitrogens with one attached hydrogen (secondary N) is 1. The molecule has 3 heterocycles. The van der Waals surface area contributed by atoms with Crippen LogP contribution in [0.3, 0.4) is 0 Å². The van der Waals surface area contributed by atoms with Crippen LogP contribution in [0.4, 0.5) is 14.5 Å². The molecule has 5 nitrogen and oxygen atoms in total. The monoisotopic (exact) mass is 500 g/mol. The summed E-state index contributed by atoms with van der Waals surface area (Å²) in [6.07, 6.45) is 2.03. The highest BCUT2D eigenvalue weighted by atomic mass is 35.5. The van der Waals surface area contributed by atoms with Crippen molar-refractivity contribution >= 4 is 40.9 Å². The molecule has 0 aliphatic carbocycles. The Morgan fingerprint density at radius 1 is 1.09 bits per heavy atom. The lowest BCUT2D eigenvalue weighted by molar-refractivity contribution is 0.587. The number of halogens is 3. The maximum Gasteiger partial charge on any atom is 0.151 e. The minimum atomic E-state index is -2.55. The van der Waals surface area contributed by atoms with Gasteiger partial charge in [0.25, 0.3) is 0 Å². The number of benzene rings is 1. The van der Waals surface area contributed by atoms with E-state index < -0.39 is 13.0 Å². The largest absolute Gasteiger partial charge is 0.375 e. The summed E-state index contributed by atoms with van der Waals surface area (Å²) < 4.78 is 41.8. The Morgan fingerprint density at radius 3 is 2.44 bits per heavy atom. The summed E-state index contributed by atoms with van der Waals surface area (Å²) in [5.41, 5.74) is 3.09. The lowest BCUT2D eigenvalue weighted by Gasteiger charge is -2.22. The number of nitrogens with zero attached hydrogens (tertiary/aromatic N) is 3. The quantitative estimate of drug-likeness (QED) is 0.297. The topological polar surface area (TPSA) is 67.8 Å². The molecule has 0 amide bonds. The smallest absolute Gasteiger partial charge is 0.151 e. The van der Waals surface area contributed by atoms with Gasteiger partial charge in [-0.25, -0.2) is 18.7 Å². The van der Waals surface area contributed by atoms with E-state index in [1.807, 2.05) is 6.92 Å². The van der Waals surface area contributed by atoms with E-state index in [1.165, 1.54) is 18.3 Å². The molecule has 0 saturated carbocycles. The summed E-state index contributed by atoms with van der Waals surface area (Å²) in [6.45, 7) is 6.90. The van der Waals surface area contributed by atoms with Gasteiger partial charge in [-0.15, -0.1) is 0 Å². The van der Waals surface area contributed by atoms with Gasteiger partial charge in [0, 0.05) is 23.4 Å². The molecule has 1 N–H and O–H groups in total. The van der Waals surface area contributed by atoms with Crippen LogP contribution < -0.4 is 10.8 Å². The van der Waals surface area contributed by atoms with Crippen molar-refractivity contribution in [2.45, 2.75) is 26.3 Å². The van der Waals surface area contributed by atoms with E-state index in [1.54, 1.807) is 50.6 Å². The van der Waals surface area contributed by atoms with Gasteiger partial charge in [0.2, 0.25) is 0 Å². The van der Waals surface area contributed by atoms with Gasteiger partial charge in [-0.2, -0.15) is 0 Å². The lowest BCUT2D eigenvalue weighted by atomic mass is 10.0. The van der Waals surface area contributed by atoms with E-state index in [4.69, 9.17) is 11.6 Å².